The van der Waals surface area contributed by atoms with Gasteiger partial charge in [0.15, 0.2) is 0 Å². The molecule has 0 heterocycles. The first-order chi connectivity index (χ1) is 8.11. The molecule has 1 aromatic carbocycles. The molecule has 0 aliphatic rings. The predicted molar refractivity (Wildman–Crippen MR) is 74.6 cm³/mol. The lowest BCUT2D eigenvalue weighted by Crippen LogP contribution is -2.20. The molecule has 0 saturated heterocycles. The van der Waals surface area contributed by atoms with Crippen molar-refractivity contribution in [2.45, 2.75) is 52.4 Å². The van der Waals surface area contributed by atoms with Gasteiger partial charge in [0.05, 0.1) is 0 Å². The van der Waals surface area contributed by atoms with E-state index in [9.17, 15) is 9.59 Å². The predicted octanol–water partition coefficient (Wildman–Crippen LogP) is 3.91. The van der Waals surface area contributed by atoms with Gasteiger partial charge in [0.25, 0.3) is 0 Å². The molecule has 1 rings (SSSR count). The maximum Gasteiger partial charge on any atom is 0.150 e. The fourth-order valence-electron chi connectivity index (χ4n) is 2.13. The lowest BCUT2D eigenvalue weighted by atomic mass is 9.77. The van der Waals surface area contributed by atoms with Gasteiger partial charge in [0, 0.05) is 11.1 Å². The zero-order valence-corrected chi connectivity index (χ0v) is 12.1. The van der Waals surface area contributed by atoms with E-state index in [1.165, 1.54) is 0 Å². The van der Waals surface area contributed by atoms with Gasteiger partial charge in [-0.1, -0.05) is 47.6 Å². The molecule has 0 atom stereocenters. The summed E-state index contributed by atoms with van der Waals surface area (Å²) in [7, 11) is 0. The van der Waals surface area contributed by atoms with E-state index in [4.69, 9.17) is 0 Å². The molecule has 2 nitrogen and oxygen atoms in total. The maximum atomic E-state index is 11.2. The van der Waals surface area contributed by atoms with Crippen molar-refractivity contribution < 1.29 is 9.59 Å². The smallest absolute Gasteiger partial charge is 0.150 e. The Hall–Kier alpha value is -1.44. The van der Waals surface area contributed by atoms with Crippen LogP contribution in [0.1, 0.15) is 73.4 Å². The summed E-state index contributed by atoms with van der Waals surface area (Å²) in [6, 6.07) is 3.72. The molecule has 0 N–H and O–H groups in total. The van der Waals surface area contributed by atoms with Crippen LogP contribution in [0.2, 0.25) is 0 Å². The van der Waals surface area contributed by atoms with Gasteiger partial charge in [-0.25, -0.2) is 0 Å². The molecule has 0 bridgehead atoms. The Morgan fingerprint density at radius 1 is 0.722 bits per heavy atom. The van der Waals surface area contributed by atoms with Gasteiger partial charge in [-0.2, -0.15) is 0 Å². The van der Waals surface area contributed by atoms with E-state index in [1.54, 1.807) is 6.07 Å². The minimum atomic E-state index is -0.113. The molecular weight excluding hydrogens is 224 g/mol. The molecule has 0 unspecified atom stereocenters. The molecule has 0 saturated carbocycles. The summed E-state index contributed by atoms with van der Waals surface area (Å²) in [6.07, 6.45) is 1.67. The summed E-state index contributed by atoms with van der Waals surface area (Å²) in [5.41, 5.74) is 2.98. The van der Waals surface area contributed by atoms with Crippen LogP contribution in [0.3, 0.4) is 0 Å². The summed E-state index contributed by atoms with van der Waals surface area (Å²) in [6.45, 7) is 12.4. The average molecular weight is 246 g/mol. The quantitative estimate of drug-likeness (QED) is 0.741. The van der Waals surface area contributed by atoms with Crippen molar-refractivity contribution in [3.05, 3.63) is 34.4 Å². The van der Waals surface area contributed by atoms with Crippen molar-refractivity contribution >= 4 is 12.6 Å². The third kappa shape index (κ3) is 2.87. The average Bonchev–Trinajstić information content (AvgIpc) is 2.24. The molecule has 2 heteroatoms. The third-order valence-corrected chi connectivity index (χ3v) is 3.09. The van der Waals surface area contributed by atoms with Gasteiger partial charge >= 0.3 is 0 Å². The van der Waals surface area contributed by atoms with E-state index in [0.29, 0.717) is 11.1 Å². The monoisotopic (exact) mass is 246 g/mol. The van der Waals surface area contributed by atoms with Crippen LogP contribution in [0.4, 0.5) is 0 Å². The molecule has 18 heavy (non-hydrogen) atoms. The minimum Gasteiger partial charge on any atom is -0.298 e. The van der Waals surface area contributed by atoms with Gasteiger partial charge < -0.3 is 0 Å². The van der Waals surface area contributed by atoms with E-state index in [0.717, 1.165) is 23.7 Å². The Labute approximate surface area is 109 Å². The summed E-state index contributed by atoms with van der Waals surface area (Å²) < 4.78 is 0. The second-order valence-electron chi connectivity index (χ2n) is 6.76. The first kappa shape index (κ1) is 14.6. The van der Waals surface area contributed by atoms with E-state index in [-0.39, 0.29) is 10.8 Å². The molecule has 0 fully saturated rings. The van der Waals surface area contributed by atoms with Crippen molar-refractivity contribution in [2.75, 3.05) is 0 Å². The zero-order valence-electron chi connectivity index (χ0n) is 12.1. The second kappa shape index (κ2) is 4.68. The number of benzene rings is 1. The molecular formula is C16H22O2. The Morgan fingerprint density at radius 3 is 1.28 bits per heavy atom. The van der Waals surface area contributed by atoms with E-state index < -0.39 is 0 Å². The maximum absolute atomic E-state index is 11.2. The molecule has 0 aliphatic carbocycles. The number of carbonyl (C=O) groups is 2. The van der Waals surface area contributed by atoms with Gasteiger partial charge in [-0.3, -0.25) is 9.59 Å². The van der Waals surface area contributed by atoms with Gasteiger partial charge in [0.2, 0.25) is 0 Å². The Balaban J connectivity index is 3.65. The fourth-order valence-corrected chi connectivity index (χ4v) is 2.13. The summed E-state index contributed by atoms with van der Waals surface area (Å²) in [5, 5.41) is 0. The highest BCUT2D eigenvalue weighted by molar-refractivity contribution is 5.86. The summed E-state index contributed by atoms with van der Waals surface area (Å²) in [4.78, 5) is 22.4. The lowest BCUT2D eigenvalue weighted by molar-refractivity contribution is 0.112. The molecule has 0 aromatic heterocycles. The number of carbonyl (C=O) groups excluding carboxylic acids is 2. The number of aldehydes is 2. The van der Waals surface area contributed by atoms with Crippen LogP contribution >= 0.6 is 0 Å². The van der Waals surface area contributed by atoms with Crippen molar-refractivity contribution in [2.24, 2.45) is 0 Å². The van der Waals surface area contributed by atoms with Crippen LogP contribution in [-0.2, 0) is 10.8 Å². The number of hydrogen-bond donors (Lipinski definition) is 0. The van der Waals surface area contributed by atoms with Gasteiger partial charge in [-0.05, 0) is 28.0 Å². The van der Waals surface area contributed by atoms with E-state index in [1.807, 2.05) is 6.07 Å². The largest absolute Gasteiger partial charge is 0.298 e. The van der Waals surface area contributed by atoms with Crippen LogP contribution in [0, 0.1) is 0 Å². The Kier molecular flexibility index (Phi) is 3.80. The van der Waals surface area contributed by atoms with Crippen LogP contribution in [-0.4, -0.2) is 12.6 Å². The molecule has 0 aliphatic heterocycles. The number of rotatable bonds is 2. The van der Waals surface area contributed by atoms with Gasteiger partial charge in [-0.15, -0.1) is 0 Å². The summed E-state index contributed by atoms with van der Waals surface area (Å²) >= 11 is 0. The standard InChI is InChI=1S/C16H22O2/c1-15(2,3)13-8-14(16(4,5)6)12(10-18)7-11(13)9-17/h7-10H,1-6H3. The van der Waals surface area contributed by atoms with Crippen molar-refractivity contribution in [1.29, 1.82) is 0 Å². The topological polar surface area (TPSA) is 34.1 Å². The first-order valence-corrected chi connectivity index (χ1v) is 6.20. The molecule has 98 valence electrons. The van der Waals surface area contributed by atoms with Crippen LogP contribution in [0.25, 0.3) is 0 Å². The highest BCUT2D eigenvalue weighted by atomic mass is 16.1. The van der Waals surface area contributed by atoms with E-state index in [2.05, 4.69) is 41.5 Å². The normalized spacial score (nSPS) is 12.3. The number of hydrogen-bond acceptors (Lipinski definition) is 2. The van der Waals surface area contributed by atoms with Crippen LogP contribution in [0.15, 0.2) is 12.1 Å². The van der Waals surface area contributed by atoms with Crippen molar-refractivity contribution in [3.8, 4) is 0 Å². The zero-order chi connectivity index (χ0) is 14.1. The van der Waals surface area contributed by atoms with Crippen LogP contribution < -0.4 is 0 Å². The Morgan fingerprint density at radius 2 is 1.06 bits per heavy atom. The molecule has 0 spiro atoms. The minimum absolute atomic E-state index is 0.113. The van der Waals surface area contributed by atoms with Crippen molar-refractivity contribution in [3.63, 3.8) is 0 Å². The molecule has 0 amide bonds. The van der Waals surface area contributed by atoms with Crippen molar-refractivity contribution in [1.82, 2.24) is 0 Å². The van der Waals surface area contributed by atoms with Crippen LogP contribution in [0.5, 0.6) is 0 Å². The Bertz CT molecular complexity index is 430. The SMILES string of the molecule is CC(C)(C)c1cc(C(C)(C)C)c(C=O)cc1C=O. The third-order valence-electron chi connectivity index (χ3n) is 3.09. The van der Waals surface area contributed by atoms with Gasteiger partial charge in [0.1, 0.15) is 12.6 Å². The highest BCUT2D eigenvalue weighted by Crippen LogP contribution is 2.32. The molecule has 0 radical (unpaired) electrons. The van der Waals surface area contributed by atoms with E-state index >= 15 is 0 Å². The first-order valence-electron chi connectivity index (χ1n) is 6.20. The fraction of sp³-hybridized carbons (Fsp3) is 0.500. The molecule has 1 aromatic rings. The lowest BCUT2D eigenvalue weighted by Gasteiger charge is -2.27. The second-order valence-corrected chi connectivity index (χ2v) is 6.76. The summed E-state index contributed by atoms with van der Waals surface area (Å²) in [5.74, 6) is 0. The highest BCUT2D eigenvalue weighted by Gasteiger charge is 2.24.